The third-order valence-corrected chi connectivity index (χ3v) is 9.55. The summed E-state index contributed by atoms with van der Waals surface area (Å²) in [6.45, 7) is 4.92. The molecule has 0 aromatic carbocycles. The summed E-state index contributed by atoms with van der Waals surface area (Å²) in [6, 6.07) is 0. The molecule has 0 aromatic rings. The lowest BCUT2D eigenvalue weighted by molar-refractivity contribution is -0.305. The summed E-state index contributed by atoms with van der Waals surface area (Å²) in [4.78, 5) is 25.2. The van der Waals surface area contributed by atoms with Crippen LogP contribution in [-0.2, 0) is 28.5 Å². The van der Waals surface area contributed by atoms with Gasteiger partial charge in [0.05, 0.1) is 13.2 Å². The van der Waals surface area contributed by atoms with Crippen LogP contribution in [-0.4, -0.2) is 89.0 Å². The van der Waals surface area contributed by atoms with Gasteiger partial charge in [-0.2, -0.15) is 0 Å². The molecule has 294 valence electrons. The van der Waals surface area contributed by atoms with Crippen molar-refractivity contribution >= 4 is 11.9 Å². The highest BCUT2D eigenvalue weighted by atomic mass is 16.7. The summed E-state index contributed by atoms with van der Waals surface area (Å²) in [5.41, 5.74) is 0. The minimum Gasteiger partial charge on any atom is -0.462 e. The second-order valence-corrected chi connectivity index (χ2v) is 14.2. The number of ether oxygens (including phenoxy) is 4. The van der Waals surface area contributed by atoms with Crippen LogP contribution < -0.4 is 0 Å². The van der Waals surface area contributed by atoms with E-state index in [1.54, 1.807) is 0 Å². The molecule has 0 aromatic heterocycles. The van der Waals surface area contributed by atoms with Crippen LogP contribution in [0.15, 0.2) is 12.7 Å². The number of hydrogen-bond acceptors (Lipinski definition) is 10. The van der Waals surface area contributed by atoms with Crippen molar-refractivity contribution in [3.8, 4) is 0 Å². The average molecular weight is 715 g/mol. The molecule has 0 bridgehead atoms. The molecule has 0 amide bonds. The SMILES string of the molecule is C=CCCCCCCCCCCCCCCCC(=O)O[C@H](COC(=O)CCCCCCCCCCCC)CO[C@@H]1O[C@H](CO)[C@H](O)C(O)C1O. The van der Waals surface area contributed by atoms with Gasteiger partial charge in [-0.25, -0.2) is 0 Å². The van der Waals surface area contributed by atoms with Crippen LogP contribution in [0.4, 0.5) is 0 Å². The molecular formula is C40H74O10. The Morgan fingerprint density at radius 3 is 1.58 bits per heavy atom. The molecule has 2 unspecified atom stereocenters. The molecule has 1 rings (SSSR count). The Morgan fingerprint density at radius 1 is 0.640 bits per heavy atom. The molecule has 0 radical (unpaired) electrons. The van der Waals surface area contributed by atoms with E-state index in [1.165, 1.54) is 103 Å². The van der Waals surface area contributed by atoms with Crippen LogP contribution in [0.25, 0.3) is 0 Å². The molecule has 10 nitrogen and oxygen atoms in total. The topological polar surface area (TPSA) is 152 Å². The first kappa shape index (κ1) is 46.5. The van der Waals surface area contributed by atoms with Gasteiger partial charge in [0.1, 0.15) is 31.0 Å². The van der Waals surface area contributed by atoms with Gasteiger partial charge >= 0.3 is 11.9 Å². The van der Waals surface area contributed by atoms with E-state index in [4.69, 9.17) is 18.9 Å². The summed E-state index contributed by atoms with van der Waals surface area (Å²) in [6.07, 6.45) is 22.6. The van der Waals surface area contributed by atoms with Crippen molar-refractivity contribution in [2.75, 3.05) is 19.8 Å². The number of aliphatic hydroxyl groups excluding tert-OH is 4. The van der Waals surface area contributed by atoms with E-state index >= 15 is 0 Å². The van der Waals surface area contributed by atoms with Gasteiger partial charge in [-0.15, -0.1) is 6.58 Å². The van der Waals surface area contributed by atoms with E-state index in [0.29, 0.717) is 6.42 Å². The number of carbonyl (C=O) groups is 2. The highest BCUT2D eigenvalue weighted by molar-refractivity contribution is 5.70. The number of aliphatic hydroxyl groups is 4. The molecule has 0 saturated carbocycles. The molecule has 10 heteroatoms. The molecule has 1 fully saturated rings. The van der Waals surface area contributed by atoms with E-state index in [0.717, 1.165) is 44.9 Å². The molecule has 1 saturated heterocycles. The first-order valence-electron chi connectivity index (χ1n) is 20.2. The second kappa shape index (κ2) is 32.1. The molecule has 4 N–H and O–H groups in total. The lowest BCUT2D eigenvalue weighted by Gasteiger charge is -2.39. The fraction of sp³-hybridized carbons (Fsp3) is 0.900. The first-order valence-corrected chi connectivity index (χ1v) is 20.2. The van der Waals surface area contributed by atoms with E-state index in [1.807, 2.05) is 6.08 Å². The van der Waals surface area contributed by atoms with Crippen molar-refractivity contribution in [3.05, 3.63) is 12.7 Å². The van der Waals surface area contributed by atoms with Gasteiger partial charge in [-0.1, -0.05) is 141 Å². The maximum absolute atomic E-state index is 12.7. The molecule has 1 aliphatic heterocycles. The molecule has 6 atom stereocenters. The number of rotatable bonds is 34. The zero-order chi connectivity index (χ0) is 36.7. The smallest absolute Gasteiger partial charge is 0.306 e. The number of hydrogen-bond donors (Lipinski definition) is 4. The average Bonchev–Trinajstić information content (AvgIpc) is 3.11. The Bertz CT molecular complexity index is 822. The summed E-state index contributed by atoms with van der Waals surface area (Å²) in [5, 5.41) is 39.9. The van der Waals surface area contributed by atoms with Crippen molar-refractivity contribution in [2.24, 2.45) is 0 Å². The van der Waals surface area contributed by atoms with Crippen LogP contribution in [0.5, 0.6) is 0 Å². The van der Waals surface area contributed by atoms with Crippen molar-refractivity contribution < 1.29 is 49.0 Å². The largest absolute Gasteiger partial charge is 0.462 e. The predicted octanol–water partition coefficient (Wildman–Crippen LogP) is 7.61. The summed E-state index contributed by atoms with van der Waals surface area (Å²) in [7, 11) is 0. The highest BCUT2D eigenvalue weighted by Crippen LogP contribution is 2.23. The normalized spacial score (nSPS) is 21.2. The Morgan fingerprint density at radius 2 is 1.10 bits per heavy atom. The number of allylic oxidation sites excluding steroid dienone is 1. The van der Waals surface area contributed by atoms with Gasteiger partial charge in [0.2, 0.25) is 0 Å². The first-order chi connectivity index (χ1) is 24.3. The maximum atomic E-state index is 12.7. The van der Waals surface area contributed by atoms with Gasteiger partial charge in [0, 0.05) is 12.8 Å². The summed E-state index contributed by atoms with van der Waals surface area (Å²) >= 11 is 0. The van der Waals surface area contributed by atoms with Crippen molar-refractivity contribution in [3.63, 3.8) is 0 Å². The maximum Gasteiger partial charge on any atom is 0.306 e. The summed E-state index contributed by atoms with van der Waals surface area (Å²) in [5.74, 6) is -0.805. The zero-order valence-electron chi connectivity index (χ0n) is 31.5. The van der Waals surface area contributed by atoms with Gasteiger partial charge in [0.15, 0.2) is 12.4 Å². The summed E-state index contributed by atoms with van der Waals surface area (Å²) < 4.78 is 22.1. The third kappa shape index (κ3) is 23.8. The van der Waals surface area contributed by atoms with Crippen LogP contribution in [0.1, 0.15) is 174 Å². The van der Waals surface area contributed by atoms with Crippen LogP contribution >= 0.6 is 0 Å². The van der Waals surface area contributed by atoms with Gasteiger partial charge in [-0.3, -0.25) is 9.59 Å². The quantitative estimate of drug-likeness (QED) is 0.0298. The number of unbranched alkanes of at least 4 members (excludes halogenated alkanes) is 22. The van der Waals surface area contributed by atoms with Crippen LogP contribution in [0.2, 0.25) is 0 Å². The predicted molar refractivity (Wildman–Crippen MR) is 196 cm³/mol. The second-order valence-electron chi connectivity index (χ2n) is 14.2. The Hall–Kier alpha value is -1.56. The number of esters is 2. The van der Waals surface area contributed by atoms with E-state index in [2.05, 4.69) is 13.5 Å². The molecule has 0 spiro atoms. The number of carbonyl (C=O) groups excluding carboxylic acids is 2. The Labute approximate surface area is 303 Å². The minimum absolute atomic E-state index is 0.213. The van der Waals surface area contributed by atoms with Crippen molar-refractivity contribution in [2.45, 2.75) is 211 Å². The zero-order valence-corrected chi connectivity index (χ0v) is 31.5. The lowest BCUT2D eigenvalue weighted by Crippen LogP contribution is -2.59. The molecule has 50 heavy (non-hydrogen) atoms. The molecule has 1 aliphatic rings. The van der Waals surface area contributed by atoms with Crippen LogP contribution in [0, 0.1) is 0 Å². The monoisotopic (exact) mass is 715 g/mol. The van der Waals surface area contributed by atoms with E-state index < -0.39 is 49.4 Å². The van der Waals surface area contributed by atoms with Crippen LogP contribution in [0.3, 0.4) is 0 Å². The molecular weight excluding hydrogens is 640 g/mol. The van der Waals surface area contributed by atoms with Gasteiger partial charge in [-0.05, 0) is 25.7 Å². The Balaban J connectivity index is 2.35. The van der Waals surface area contributed by atoms with E-state index in [9.17, 15) is 30.0 Å². The lowest BCUT2D eigenvalue weighted by atomic mass is 9.99. The van der Waals surface area contributed by atoms with Crippen molar-refractivity contribution in [1.29, 1.82) is 0 Å². The minimum atomic E-state index is -1.59. The van der Waals surface area contributed by atoms with Crippen molar-refractivity contribution in [1.82, 2.24) is 0 Å². The third-order valence-electron chi connectivity index (χ3n) is 9.55. The Kier molecular flexibility index (Phi) is 29.8. The van der Waals surface area contributed by atoms with Gasteiger partial charge < -0.3 is 39.4 Å². The van der Waals surface area contributed by atoms with Gasteiger partial charge in [0.25, 0.3) is 0 Å². The van der Waals surface area contributed by atoms with E-state index in [-0.39, 0.29) is 32.0 Å². The molecule has 1 heterocycles. The molecule has 0 aliphatic carbocycles. The highest BCUT2D eigenvalue weighted by Gasteiger charge is 2.44. The fourth-order valence-electron chi connectivity index (χ4n) is 6.29. The standard InChI is InChI=1S/C40H74O10/c1-3-5-7-9-11-13-15-16-17-18-19-21-23-25-27-29-36(43)49-33(32-48-40-39(46)38(45)37(44)34(30-41)50-40)31-47-35(42)28-26-24-22-20-14-12-10-8-6-4-2/h3,33-34,37-41,44-46H,1,4-32H2,2H3/t33-,34-,37+,38?,39?,40-/m1/s1. The fourth-order valence-corrected chi connectivity index (χ4v) is 6.29.